The number of thioether (sulfide) groups is 1. The van der Waals surface area contributed by atoms with Crippen molar-refractivity contribution in [2.75, 3.05) is 26.0 Å². The van der Waals surface area contributed by atoms with Crippen molar-refractivity contribution in [3.05, 3.63) is 23.8 Å². The highest BCUT2D eigenvalue weighted by molar-refractivity contribution is 7.99. The average molecular weight is 389 g/mol. The number of fused-ring (bicyclic) bond motifs is 1. The number of alkyl halides is 3. The topological polar surface area (TPSA) is 56.2 Å². The van der Waals surface area contributed by atoms with Gasteiger partial charge in [-0.3, -0.25) is 4.79 Å². The molecular weight excluding hydrogens is 367 g/mol. The number of ether oxygens (including phenoxy) is 1. The van der Waals surface area contributed by atoms with Crippen LogP contribution in [0.1, 0.15) is 25.3 Å². The van der Waals surface area contributed by atoms with Crippen LogP contribution in [0.2, 0.25) is 0 Å². The molecule has 1 N–H and O–H groups in total. The molecule has 0 aliphatic carbocycles. The van der Waals surface area contributed by atoms with Gasteiger partial charge in [0.1, 0.15) is 0 Å². The fourth-order valence-electron chi connectivity index (χ4n) is 2.45. The van der Waals surface area contributed by atoms with Gasteiger partial charge in [0.2, 0.25) is 5.91 Å². The molecule has 144 valence electrons. The third kappa shape index (κ3) is 5.38. The molecule has 0 saturated heterocycles. The Morgan fingerprint density at radius 2 is 2.15 bits per heavy atom. The SMILES string of the molecule is CCCn1c(SCC(=O)NCCCOC)nc2ccc(C(F)(F)F)cc21. The van der Waals surface area contributed by atoms with Crippen molar-refractivity contribution in [3.63, 3.8) is 0 Å². The third-order valence-corrected chi connectivity index (χ3v) is 4.64. The summed E-state index contributed by atoms with van der Waals surface area (Å²) < 4.78 is 45.6. The molecule has 0 saturated carbocycles. The average Bonchev–Trinajstić information content (AvgIpc) is 2.93. The molecule has 0 unspecified atom stereocenters. The van der Waals surface area contributed by atoms with Gasteiger partial charge in [0, 0.05) is 26.8 Å². The van der Waals surface area contributed by atoms with Crippen molar-refractivity contribution in [3.8, 4) is 0 Å². The van der Waals surface area contributed by atoms with Gasteiger partial charge in [-0.05, 0) is 31.0 Å². The number of methoxy groups -OCH3 is 1. The molecule has 1 aromatic carbocycles. The maximum atomic E-state index is 13.0. The zero-order valence-electron chi connectivity index (χ0n) is 14.7. The normalized spacial score (nSPS) is 11.9. The first-order valence-electron chi connectivity index (χ1n) is 8.32. The van der Waals surface area contributed by atoms with Crippen LogP contribution in [0.25, 0.3) is 11.0 Å². The van der Waals surface area contributed by atoms with Crippen LogP contribution in [0.4, 0.5) is 13.2 Å². The Bertz CT molecular complexity index is 747. The number of rotatable bonds is 9. The number of nitrogens with zero attached hydrogens (tertiary/aromatic N) is 2. The molecule has 0 fully saturated rings. The number of benzene rings is 1. The lowest BCUT2D eigenvalue weighted by molar-refractivity contribution is -0.137. The van der Waals surface area contributed by atoms with E-state index < -0.39 is 11.7 Å². The van der Waals surface area contributed by atoms with Crippen LogP contribution in [0.5, 0.6) is 0 Å². The second-order valence-corrected chi connectivity index (χ2v) is 6.67. The molecule has 0 atom stereocenters. The minimum absolute atomic E-state index is 0.141. The first kappa shape index (κ1) is 20.6. The van der Waals surface area contributed by atoms with Gasteiger partial charge < -0.3 is 14.6 Å². The highest BCUT2D eigenvalue weighted by atomic mass is 32.2. The summed E-state index contributed by atoms with van der Waals surface area (Å²) in [5.41, 5.74) is 0.230. The van der Waals surface area contributed by atoms with Crippen LogP contribution in [0.15, 0.2) is 23.4 Å². The zero-order valence-corrected chi connectivity index (χ0v) is 15.5. The number of aromatic nitrogens is 2. The summed E-state index contributed by atoms with van der Waals surface area (Å²) in [6, 6.07) is 3.52. The van der Waals surface area contributed by atoms with E-state index in [9.17, 15) is 18.0 Å². The predicted molar refractivity (Wildman–Crippen MR) is 95.3 cm³/mol. The van der Waals surface area contributed by atoms with E-state index in [1.54, 1.807) is 11.7 Å². The smallest absolute Gasteiger partial charge is 0.385 e. The van der Waals surface area contributed by atoms with Gasteiger partial charge >= 0.3 is 6.18 Å². The lowest BCUT2D eigenvalue weighted by atomic mass is 10.2. The van der Waals surface area contributed by atoms with Gasteiger partial charge in [-0.15, -0.1) is 0 Å². The Morgan fingerprint density at radius 1 is 1.38 bits per heavy atom. The van der Waals surface area contributed by atoms with Crippen molar-refractivity contribution in [2.24, 2.45) is 0 Å². The quantitative estimate of drug-likeness (QED) is 0.525. The number of imidazole rings is 1. The number of amides is 1. The maximum absolute atomic E-state index is 13.0. The fraction of sp³-hybridized carbons (Fsp3) is 0.529. The summed E-state index contributed by atoms with van der Waals surface area (Å²) in [4.78, 5) is 16.3. The van der Waals surface area contributed by atoms with E-state index in [0.717, 1.165) is 25.0 Å². The van der Waals surface area contributed by atoms with Crippen LogP contribution in [-0.2, 0) is 22.3 Å². The van der Waals surface area contributed by atoms with Gasteiger partial charge in [-0.25, -0.2) is 4.98 Å². The van der Waals surface area contributed by atoms with Crippen LogP contribution in [0.3, 0.4) is 0 Å². The summed E-state index contributed by atoms with van der Waals surface area (Å²) in [5.74, 6) is 0.0174. The summed E-state index contributed by atoms with van der Waals surface area (Å²) in [6.07, 6.45) is -2.93. The number of hydrogen-bond donors (Lipinski definition) is 1. The number of carbonyl (C=O) groups excluding carboxylic acids is 1. The molecule has 9 heteroatoms. The van der Waals surface area contributed by atoms with E-state index in [2.05, 4.69) is 10.3 Å². The van der Waals surface area contributed by atoms with Crippen molar-refractivity contribution >= 4 is 28.7 Å². The fourth-order valence-corrected chi connectivity index (χ4v) is 3.32. The number of aryl methyl sites for hydroxylation is 1. The molecule has 0 aliphatic rings. The molecule has 1 heterocycles. The maximum Gasteiger partial charge on any atom is 0.416 e. The minimum Gasteiger partial charge on any atom is -0.385 e. The zero-order chi connectivity index (χ0) is 19.2. The summed E-state index contributed by atoms with van der Waals surface area (Å²) >= 11 is 1.23. The molecule has 1 amide bonds. The molecule has 1 aromatic heterocycles. The van der Waals surface area contributed by atoms with Crippen LogP contribution >= 0.6 is 11.8 Å². The van der Waals surface area contributed by atoms with Crippen LogP contribution in [-0.4, -0.2) is 41.5 Å². The van der Waals surface area contributed by atoms with E-state index in [1.807, 2.05) is 6.92 Å². The second kappa shape index (κ2) is 9.27. The first-order valence-corrected chi connectivity index (χ1v) is 9.31. The molecule has 2 aromatic rings. The lowest BCUT2D eigenvalue weighted by Crippen LogP contribution is -2.27. The molecule has 0 spiro atoms. The summed E-state index contributed by atoms with van der Waals surface area (Å²) in [6.45, 7) is 3.57. The molecular formula is C17H22F3N3O2S. The Kier molecular flexibility index (Phi) is 7.33. The largest absolute Gasteiger partial charge is 0.416 e. The van der Waals surface area contributed by atoms with Crippen molar-refractivity contribution < 1.29 is 22.7 Å². The monoisotopic (exact) mass is 389 g/mol. The predicted octanol–water partition coefficient (Wildman–Crippen LogP) is 3.71. The molecule has 26 heavy (non-hydrogen) atoms. The Morgan fingerprint density at radius 3 is 2.81 bits per heavy atom. The van der Waals surface area contributed by atoms with E-state index in [1.165, 1.54) is 17.8 Å². The lowest BCUT2D eigenvalue weighted by Gasteiger charge is -2.09. The van der Waals surface area contributed by atoms with Crippen molar-refractivity contribution in [1.82, 2.24) is 14.9 Å². The number of halogens is 3. The van der Waals surface area contributed by atoms with E-state index in [-0.39, 0.29) is 11.7 Å². The van der Waals surface area contributed by atoms with Crippen molar-refractivity contribution in [1.29, 1.82) is 0 Å². The standard InChI is InChI=1S/C17H22F3N3O2S/c1-3-8-23-14-10-12(17(18,19)20)5-6-13(14)22-16(23)26-11-15(24)21-7-4-9-25-2/h5-6,10H,3-4,7-9,11H2,1-2H3,(H,21,24). The van der Waals surface area contributed by atoms with Gasteiger partial charge in [0.25, 0.3) is 0 Å². The third-order valence-electron chi connectivity index (χ3n) is 3.67. The summed E-state index contributed by atoms with van der Waals surface area (Å²) in [7, 11) is 1.60. The van der Waals surface area contributed by atoms with Gasteiger partial charge in [-0.2, -0.15) is 13.2 Å². The van der Waals surface area contributed by atoms with Gasteiger partial charge in [-0.1, -0.05) is 18.7 Å². The van der Waals surface area contributed by atoms with E-state index in [4.69, 9.17) is 4.74 Å². The molecule has 0 radical (unpaired) electrons. The first-order chi connectivity index (χ1) is 12.4. The van der Waals surface area contributed by atoms with Crippen molar-refractivity contribution in [2.45, 2.75) is 37.6 Å². The molecule has 2 rings (SSSR count). The highest BCUT2D eigenvalue weighted by Crippen LogP contribution is 2.33. The molecule has 0 bridgehead atoms. The minimum atomic E-state index is -4.40. The molecule has 0 aliphatic heterocycles. The van der Waals surface area contributed by atoms with Crippen LogP contribution < -0.4 is 5.32 Å². The highest BCUT2D eigenvalue weighted by Gasteiger charge is 2.31. The summed E-state index contributed by atoms with van der Waals surface area (Å²) in [5, 5.41) is 3.33. The number of carbonyl (C=O) groups is 1. The van der Waals surface area contributed by atoms with Gasteiger partial charge in [0.05, 0.1) is 22.3 Å². The van der Waals surface area contributed by atoms with E-state index in [0.29, 0.717) is 35.9 Å². The van der Waals surface area contributed by atoms with E-state index >= 15 is 0 Å². The molecule has 5 nitrogen and oxygen atoms in total. The second-order valence-electron chi connectivity index (χ2n) is 5.73. The Hall–Kier alpha value is -1.74. The van der Waals surface area contributed by atoms with Crippen LogP contribution in [0, 0.1) is 0 Å². The Labute approximate surface area is 154 Å². The number of nitrogens with one attached hydrogen (secondary N) is 1. The number of hydrogen-bond acceptors (Lipinski definition) is 4. The Balaban J connectivity index is 2.13. The van der Waals surface area contributed by atoms with Gasteiger partial charge in [0.15, 0.2) is 5.16 Å².